The highest BCUT2D eigenvalue weighted by atomic mass is 32.2. The van der Waals surface area contributed by atoms with E-state index in [1.807, 2.05) is 36.4 Å². The number of amides is 2. The van der Waals surface area contributed by atoms with E-state index < -0.39 is 22.9 Å². The summed E-state index contributed by atoms with van der Waals surface area (Å²) in [5.41, 5.74) is 3.23. The number of hydrogen-bond acceptors (Lipinski definition) is 5. The highest BCUT2D eigenvalue weighted by Crippen LogP contribution is 2.35. The predicted molar refractivity (Wildman–Crippen MR) is 138 cm³/mol. The van der Waals surface area contributed by atoms with E-state index in [2.05, 4.69) is 9.97 Å². The molecule has 0 unspecified atom stereocenters. The van der Waals surface area contributed by atoms with Crippen molar-refractivity contribution in [2.45, 2.75) is 31.5 Å². The Hall–Kier alpha value is -3.49. The van der Waals surface area contributed by atoms with Gasteiger partial charge in [0, 0.05) is 43.8 Å². The molecule has 208 valence electrons. The lowest BCUT2D eigenvalue weighted by molar-refractivity contribution is -0.131. The Morgan fingerprint density at radius 1 is 1.13 bits per heavy atom. The Balaban J connectivity index is 1.23. The molecule has 3 heterocycles. The van der Waals surface area contributed by atoms with E-state index in [9.17, 15) is 31.2 Å². The third-order valence-corrected chi connectivity index (χ3v) is 8.39. The minimum Gasteiger partial charge on any atom is -0.346 e. The SMILES string of the molecule is O=CN(c1cc(-c2ccc(CC(=O)N3CCN(S(=O)(=O)NCC(F)(F)F)CC3)cc2)c2cc[nH]c2n1)C1CC1. The average Bonchev–Trinajstić information content (AvgIpc) is 3.63. The fourth-order valence-electron chi connectivity index (χ4n) is 4.61. The molecule has 39 heavy (non-hydrogen) atoms. The zero-order valence-electron chi connectivity index (χ0n) is 20.8. The second kappa shape index (κ2) is 10.6. The number of carbonyl (C=O) groups is 2. The third kappa shape index (κ3) is 6.23. The van der Waals surface area contributed by atoms with Crippen LogP contribution in [0.5, 0.6) is 0 Å². The van der Waals surface area contributed by atoms with E-state index in [0.717, 1.165) is 45.6 Å². The summed E-state index contributed by atoms with van der Waals surface area (Å²) in [6.45, 7) is -1.65. The van der Waals surface area contributed by atoms with Gasteiger partial charge in [-0.2, -0.15) is 30.6 Å². The number of piperazine rings is 1. The second-order valence-electron chi connectivity index (χ2n) is 9.61. The van der Waals surface area contributed by atoms with Crippen LogP contribution in [0.3, 0.4) is 0 Å². The lowest BCUT2D eigenvalue weighted by Gasteiger charge is -2.34. The van der Waals surface area contributed by atoms with Crippen molar-refractivity contribution in [3.05, 3.63) is 48.2 Å². The number of carbonyl (C=O) groups excluding carboxylic acids is 2. The van der Waals surface area contributed by atoms with Crippen molar-refractivity contribution in [3.8, 4) is 11.1 Å². The topological polar surface area (TPSA) is 119 Å². The van der Waals surface area contributed by atoms with Crippen LogP contribution in [0.4, 0.5) is 19.0 Å². The second-order valence-corrected chi connectivity index (χ2v) is 11.4. The summed E-state index contributed by atoms with van der Waals surface area (Å²) in [6, 6.07) is 11.4. The average molecular weight is 565 g/mol. The van der Waals surface area contributed by atoms with Gasteiger partial charge >= 0.3 is 6.18 Å². The minimum atomic E-state index is -4.65. The minimum absolute atomic E-state index is 0.0866. The maximum absolute atomic E-state index is 12.8. The number of nitrogens with one attached hydrogen (secondary N) is 2. The Kier molecular flexibility index (Phi) is 7.35. The molecule has 1 aliphatic carbocycles. The number of rotatable bonds is 9. The number of nitrogens with zero attached hydrogens (tertiary/aromatic N) is 4. The molecule has 2 aliphatic rings. The maximum atomic E-state index is 12.8. The quantitative estimate of drug-likeness (QED) is 0.387. The molecule has 1 aromatic carbocycles. The van der Waals surface area contributed by atoms with E-state index in [1.165, 1.54) is 4.90 Å². The number of fused-ring (bicyclic) bond motifs is 1. The molecule has 10 nitrogen and oxygen atoms in total. The number of alkyl halides is 3. The Labute approximate surface area is 223 Å². The van der Waals surface area contributed by atoms with Gasteiger partial charge in [-0.15, -0.1) is 0 Å². The van der Waals surface area contributed by atoms with Crippen LogP contribution in [0.2, 0.25) is 0 Å². The summed E-state index contributed by atoms with van der Waals surface area (Å²) in [7, 11) is -4.28. The molecule has 0 spiro atoms. The van der Waals surface area contributed by atoms with Crippen molar-refractivity contribution in [1.82, 2.24) is 23.9 Å². The van der Waals surface area contributed by atoms with Crippen molar-refractivity contribution in [2.75, 3.05) is 37.6 Å². The molecule has 0 bridgehead atoms. The summed E-state index contributed by atoms with van der Waals surface area (Å²) >= 11 is 0. The van der Waals surface area contributed by atoms with Crippen molar-refractivity contribution < 1.29 is 31.2 Å². The van der Waals surface area contributed by atoms with Gasteiger partial charge in [0.25, 0.3) is 10.2 Å². The van der Waals surface area contributed by atoms with E-state index in [0.29, 0.717) is 11.5 Å². The first kappa shape index (κ1) is 27.1. The highest BCUT2D eigenvalue weighted by molar-refractivity contribution is 7.87. The molecule has 3 aromatic rings. The normalized spacial score (nSPS) is 16.9. The molecule has 2 aromatic heterocycles. The molecular weight excluding hydrogens is 537 g/mol. The number of aromatic amines is 1. The molecule has 0 radical (unpaired) electrons. The summed E-state index contributed by atoms with van der Waals surface area (Å²) < 4.78 is 63.8. The van der Waals surface area contributed by atoms with Gasteiger partial charge in [-0.05, 0) is 41.7 Å². The molecule has 5 rings (SSSR count). The first-order chi connectivity index (χ1) is 18.5. The van der Waals surface area contributed by atoms with Gasteiger partial charge in [-0.1, -0.05) is 24.3 Å². The van der Waals surface area contributed by atoms with E-state index in [1.54, 1.807) is 15.8 Å². The van der Waals surface area contributed by atoms with Gasteiger partial charge in [-0.25, -0.2) is 4.98 Å². The Morgan fingerprint density at radius 2 is 1.82 bits per heavy atom. The van der Waals surface area contributed by atoms with Crippen LogP contribution in [0.25, 0.3) is 22.2 Å². The van der Waals surface area contributed by atoms with Gasteiger partial charge in [-0.3, -0.25) is 14.5 Å². The highest BCUT2D eigenvalue weighted by Gasteiger charge is 2.34. The van der Waals surface area contributed by atoms with Crippen molar-refractivity contribution in [2.24, 2.45) is 0 Å². The predicted octanol–water partition coefficient (Wildman–Crippen LogP) is 2.44. The Bertz CT molecular complexity index is 1460. The zero-order valence-corrected chi connectivity index (χ0v) is 21.6. The molecule has 0 atom stereocenters. The Morgan fingerprint density at radius 3 is 2.44 bits per heavy atom. The standard InChI is InChI=1S/C25H27F3N6O4S/c26-25(27,28)15-30-39(37,38)33-11-9-32(10-12-33)23(36)13-17-1-3-18(4-2-17)21-14-22(34(16-35)19-5-6-19)31-24-20(21)7-8-29-24/h1-4,7-8,14,16,19,30H,5-6,9-13,15H2,(H,29,31). The van der Waals surface area contributed by atoms with Crippen molar-refractivity contribution in [1.29, 1.82) is 0 Å². The lowest BCUT2D eigenvalue weighted by atomic mass is 10.0. The molecule has 1 aliphatic heterocycles. The van der Waals surface area contributed by atoms with Crippen LogP contribution in [0.15, 0.2) is 42.6 Å². The lowest BCUT2D eigenvalue weighted by Crippen LogP contribution is -2.54. The first-order valence-corrected chi connectivity index (χ1v) is 13.9. The van der Waals surface area contributed by atoms with E-state index >= 15 is 0 Å². The van der Waals surface area contributed by atoms with Crippen LogP contribution in [0, 0.1) is 0 Å². The molecule has 14 heteroatoms. The van der Waals surface area contributed by atoms with Gasteiger partial charge in [0.15, 0.2) is 0 Å². The summed E-state index contributed by atoms with van der Waals surface area (Å²) in [4.78, 5) is 35.4. The van der Waals surface area contributed by atoms with Crippen LogP contribution in [-0.4, -0.2) is 84.9 Å². The largest absolute Gasteiger partial charge is 0.402 e. The fraction of sp³-hybridized carbons (Fsp3) is 0.400. The molecular formula is C25H27F3N6O4S. The van der Waals surface area contributed by atoms with Crippen LogP contribution in [-0.2, 0) is 26.2 Å². The summed E-state index contributed by atoms with van der Waals surface area (Å²) in [5, 5.41) is 0.904. The van der Waals surface area contributed by atoms with Crippen LogP contribution < -0.4 is 9.62 Å². The number of anilines is 1. The van der Waals surface area contributed by atoms with Crippen molar-refractivity contribution in [3.63, 3.8) is 0 Å². The van der Waals surface area contributed by atoms with Gasteiger partial charge in [0.2, 0.25) is 12.3 Å². The molecule has 1 saturated carbocycles. The number of benzene rings is 1. The molecule has 1 saturated heterocycles. The van der Waals surface area contributed by atoms with Crippen molar-refractivity contribution >= 4 is 39.4 Å². The van der Waals surface area contributed by atoms with Crippen LogP contribution >= 0.6 is 0 Å². The fourth-order valence-corrected chi connectivity index (χ4v) is 5.78. The molecule has 2 amide bonds. The third-order valence-electron chi connectivity index (χ3n) is 6.84. The maximum Gasteiger partial charge on any atom is 0.402 e. The molecule has 2 fully saturated rings. The number of H-pyrrole nitrogens is 1. The van der Waals surface area contributed by atoms with E-state index in [4.69, 9.17) is 0 Å². The van der Waals surface area contributed by atoms with Gasteiger partial charge in [0.1, 0.15) is 18.0 Å². The number of aromatic nitrogens is 2. The van der Waals surface area contributed by atoms with Gasteiger partial charge in [0.05, 0.1) is 6.42 Å². The molecule has 2 N–H and O–H groups in total. The number of halogens is 3. The number of hydrogen-bond donors (Lipinski definition) is 2. The summed E-state index contributed by atoms with van der Waals surface area (Å²) in [5.74, 6) is 0.375. The monoisotopic (exact) mass is 564 g/mol. The van der Waals surface area contributed by atoms with E-state index in [-0.39, 0.29) is 44.5 Å². The van der Waals surface area contributed by atoms with Crippen LogP contribution in [0.1, 0.15) is 18.4 Å². The van der Waals surface area contributed by atoms with Gasteiger partial charge < -0.3 is 9.88 Å². The first-order valence-electron chi connectivity index (χ1n) is 12.4. The smallest absolute Gasteiger partial charge is 0.346 e. The summed E-state index contributed by atoms with van der Waals surface area (Å²) in [6.07, 6.45) is -0.0668. The number of pyridine rings is 1. The zero-order chi connectivity index (χ0) is 27.8.